The van der Waals surface area contributed by atoms with Crippen LogP contribution >= 0.6 is 0 Å². The van der Waals surface area contributed by atoms with E-state index in [1.165, 1.54) is 18.4 Å². The summed E-state index contributed by atoms with van der Waals surface area (Å²) in [6, 6.07) is 18.1. The Hall–Kier alpha value is -2.82. The van der Waals surface area contributed by atoms with Crippen molar-refractivity contribution in [2.24, 2.45) is 11.8 Å². The summed E-state index contributed by atoms with van der Waals surface area (Å²) >= 11 is 0. The first-order valence-corrected chi connectivity index (χ1v) is 10.6. The number of hydrogen-bond donors (Lipinski definition) is 2. The number of anilines is 1. The summed E-state index contributed by atoms with van der Waals surface area (Å²) in [4.78, 5) is 27.2. The fourth-order valence-electron chi connectivity index (χ4n) is 4.10. The molecule has 1 aliphatic carbocycles. The Morgan fingerprint density at radius 1 is 0.966 bits per heavy atom. The number of rotatable bonds is 5. The zero-order valence-electron chi connectivity index (χ0n) is 16.9. The Morgan fingerprint density at radius 3 is 2.34 bits per heavy atom. The molecular formula is C24H29N3O2. The lowest BCUT2D eigenvalue weighted by Gasteiger charge is -2.32. The second-order valence-electron chi connectivity index (χ2n) is 8.30. The topological polar surface area (TPSA) is 61.4 Å². The number of nitrogens with zero attached hydrogens (tertiary/aromatic N) is 1. The van der Waals surface area contributed by atoms with E-state index in [0.717, 1.165) is 11.3 Å². The van der Waals surface area contributed by atoms with Crippen LogP contribution in [0.2, 0.25) is 0 Å². The highest BCUT2D eigenvalue weighted by molar-refractivity contribution is 5.89. The molecule has 2 aromatic rings. The van der Waals surface area contributed by atoms with Crippen LogP contribution in [-0.2, 0) is 4.79 Å². The fourth-order valence-corrected chi connectivity index (χ4v) is 4.10. The number of aryl methyl sites for hydroxylation is 1. The molecule has 1 unspecified atom stereocenters. The number of likely N-dealkylation sites (tertiary alicyclic amines) is 1. The van der Waals surface area contributed by atoms with Crippen molar-refractivity contribution < 1.29 is 9.59 Å². The molecule has 1 heterocycles. The number of amides is 3. The minimum absolute atomic E-state index is 0.0250. The molecule has 0 spiro atoms. The summed E-state index contributed by atoms with van der Waals surface area (Å²) in [5, 5.41) is 6.26. The molecule has 0 bridgehead atoms. The van der Waals surface area contributed by atoms with Gasteiger partial charge in [0.15, 0.2) is 0 Å². The first-order chi connectivity index (χ1) is 14.1. The first kappa shape index (κ1) is 19.5. The van der Waals surface area contributed by atoms with Crippen molar-refractivity contribution in [1.29, 1.82) is 0 Å². The van der Waals surface area contributed by atoms with Crippen molar-refractivity contribution in [1.82, 2.24) is 10.2 Å². The smallest absolute Gasteiger partial charge is 0.321 e. The number of carbonyl (C=O) groups is 2. The van der Waals surface area contributed by atoms with Crippen LogP contribution in [-0.4, -0.2) is 29.9 Å². The molecule has 1 saturated carbocycles. The van der Waals surface area contributed by atoms with Gasteiger partial charge in [0.25, 0.3) is 0 Å². The van der Waals surface area contributed by atoms with Crippen molar-refractivity contribution in [3.63, 3.8) is 0 Å². The number of hydrogen-bond acceptors (Lipinski definition) is 2. The van der Waals surface area contributed by atoms with Crippen LogP contribution in [0.1, 0.15) is 42.9 Å². The minimum atomic E-state index is -0.0883. The van der Waals surface area contributed by atoms with Crippen molar-refractivity contribution >= 4 is 17.6 Å². The molecule has 29 heavy (non-hydrogen) atoms. The van der Waals surface area contributed by atoms with E-state index < -0.39 is 0 Å². The normalized spacial score (nSPS) is 18.2. The molecule has 3 amide bonds. The molecule has 2 aromatic carbocycles. The minimum Gasteiger partial charge on any atom is -0.349 e. The highest BCUT2D eigenvalue weighted by Crippen LogP contribution is 2.41. The number of nitrogens with one attached hydrogen (secondary N) is 2. The number of piperidine rings is 1. The molecule has 5 nitrogen and oxygen atoms in total. The van der Waals surface area contributed by atoms with Crippen LogP contribution in [0.3, 0.4) is 0 Å². The molecule has 4 rings (SSSR count). The number of carbonyl (C=O) groups excluding carboxylic acids is 2. The van der Waals surface area contributed by atoms with E-state index in [1.807, 2.05) is 54.3 Å². The molecule has 1 aliphatic heterocycles. The predicted octanol–water partition coefficient (Wildman–Crippen LogP) is 4.51. The average Bonchev–Trinajstić information content (AvgIpc) is 3.58. The van der Waals surface area contributed by atoms with E-state index in [1.54, 1.807) is 0 Å². The van der Waals surface area contributed by atoms with Crippen molar-refractivity contribution in [3.05, 3.63) is 65.7 Å². The molecular weight excluding hydrogens is 362 g/mol. The van der Waals surface area contributed by atoms with Crippen LogP contribution in [0.5, 0.6) is 0 Å². The third kappa shape index (κ3) is 4.97. The third-order valence-corrected chi connectivity index (χ3v) is 5.97. The monoisotopic (exact) mass is 391 g/mol. The maximum atomic E-state index is 12.9. The summed E-state index contributed by atoms with van der Waals surface area (Å²) in [7, 11) is 0. The van der Waals surface area contributed by atoms with Crippen LogP contribution in [0.4, 0.5) is 10.5 Å². The Kier molecular flexibility index (Phi) is 5.84. The summed E-state index contributed by atoms with van der Waals surface area (Å²) in [6.45, 7) is 3.22. The van der Waals surface area contributed by atoms with Gasteiger partial charge in [-0.05, 0) is 61.8 Å². The van der Waals surface area contributed by atoms with Crippen LogP contribution < -0.4 is 10.6 Å². The first-order valence-electron chi connectivity index (χ1n) is 10.6. The molecule has 1 atom stereocenters. The molecule has 0 aromatic heterocycles. The van der Waals surface area contributed by atoms with Gasteiger partial charge in [-0.25, -0.2) is 4.79 Å². The number of urea groups is 1. The molecule has 2 aliphatic rings. The molecule has 2 fully saturated rings. The summed E-state index contributed by atoms with van der Waals surface area (Å²) < 4.78 is 0. The van der Waals surface area contributed by atoms with Gasteiger partial charge in [-0.1, -0.05) is 42.5 Å². The standard InChI is InChI=1S/C24H29N3O2/c1-17-6-5-9-21(16-17)25-24(29)27-14-12-20(13-15-27)23(28)26-22(19-10-11-19)18-7-3-2-4-8-18/h2-9,16,19-20,22H,10-15H2,1H3,(H,25,29)(H,26,28). The molecule has 152 valence electrons. The highest BCUT2D eigenvalue weighted by atomic mass is 16.2. The summed E-state index contributed by atoms with van der Waals surface area (Å²) in [6.07, 6.45) is 3.77. The molecule has 0 radical (unpaired) electrons. The molecule has 2 N–H and O–H groups in total. The Morgan fingerprint density at radius 2 is 1.69 bits per heavy atom. The zero-order valence-corrected chi connectivity index (χ0v) is 16.9. The van der Waals surface area contributed by atoms with Gasteiger partial charge in [-0.15, -0.1) is 0 Å². The van der Waals surface area contributed by atoms with Gasteiger partial charge in [0, 0.05) is 24.7 Å². The Bertz CT molecular complexity index is 855. The van der Waals surface area contributed by atoms with Crippen molar-refractivity contribution in [2.45, 2.75) is 38.6 Å². The maximum absolute atomic E-state index is 12.9. The van der Waals surface area contributed by atoms with Gasteiger partial charge < -0.3 is 15.5 Å². The fraction of sp³-hybridized carbons (Fsp3) is 0.417. The predicted molar refractivity (Wildman–Crippen MR) is 115 cm³/mol. The van der Waals surface area contributed by atoms with Crippen molar-refractivity contribution in [3.8, 4) is 0 Å². The SMILES string of the molecule is Cc1cccc(NC(=O)N2CCC(C(=O)NC(c3ccccc3)C3CC3)CC2)c1. The van der Waals surface area contributed by atoms with Gasteiger partial charge in [-0.2, -0.15) is 0 Å². The molecule has 1 saturated heterocycles. The lowest BCUT2D eigenvalue weighted by Crippen LogP contribution is -2.45. The maximum Gasteiger partial charge on any atom is 0.321 e. The van der Waals surface area contributed by atoms with Gasteiger partial charge in [-0.3, -0.25) is 4.79 Å². The van der Waals surface area contributed by atoms with E-state index in [4.69, 9.17) is 0 Å². The summed E-state index contributed by atoms with van der Waals surface area (Å²) in [5.41, 5.74) is 3.12. The van der Waals surface area contributed by atoms with Gasteiger partial charge >= 0.3 is 6.03 Å². The Balaban J connectivity index is 1.29. The third-order valence-electron chi connectivity index (χ3n) is 5.97. The van der Waals surface area contributed by atoms with E-state index >= 15 is 0 Å². The van der Waals surface area contributed by atoms with Crippen LogP contribution in [0.25, 0.3) is 0 Å². The number of benzene rings is 2. The van der Waals surface area contributed by atoms with Gasteiger partial charge in [0.05, 0.1) is 6.04 Å². The van der Waals surface area contributed by atoms with Crippen molar-refractivity contribution in [2.75, 3.05) is 18.4 Å². The second-order valence-corrected chi connectivity index (χ2v) is 8.30. The summed E-state index contributed by atoms with van der Waals surface area (Å²) in [5.74, 6) is 0.661. The lowest BCUT2D eigenvalue weighted by atomic mass is 9.94. The van der Waals surface area contributed by atoms with E-state index in [2.05, 4.69) is 22.8 Å². The quantitative estimate of drug-likeness (QED) is 0.788. The largest absolute Gasteiger partial charge is 0.349 e. The average molecular weight is 392 g/mol. The van der Waals surface area contributed by atoms with Crippen LogP contribution in [0, 0.1) is 18.8 Å². The Labute approximate surface area is 172 Å². The highest BCUT2D eigenvalue weighted by Gasteiger charge is 2.35. The van der Waals surface area contributed by atoms with Gasteiger partial charge in [0.2, 0.25) is 5.91 Å². The van der Waals surface area contributed by atoms with E-state index in [-0.39, 0.29) is 23.9 Å². The van der Waals surface area contributed by atoms with E-state index in [9.17, 15) is 9.59 Å². The zero-order chi connectivity index (χ0) is 20.2. The second kappa shape index (κ2) is 8.68. The van der Waals surface area contributed by atoms with Crippen LogP contribution in [0.15, 0.2) is 54.6 Å². The molecule has 5 heteroatoms. The lowest BCUT2D eigenvalue weighted by molar-refractivity contribution is -0.127. The van der Waals surface area contributed by atoms with Gasteiger partial charge in [0.1, 0.15) is 0 Å². The van der Waals surface area contributed by atoms with E-state index in [0.29, 0.717) is 31.8 Å².